The Morgan fingerprint density at radius 2 is 2.00 bits per heavy atom. The van der Waals surface area contributed by atoms with Gasteiger partial charge in [-0.05, 0) is 30.0 Å². The van der Waals surface area contributed by atoms with Gasteiger partial charge in [-0.25, -0.2) is 5.43 Å². The molecule has 22 heavy (non-hydrogen) atoms. The summed E-state index contributed by atoms with van der Waals surface area (Å²) in [7, 11) is 0. The fraction of sp³-hybridized carbons (Fsp3) is 0.0667. The lowest BCUT2D eigenvalue weighted by Crippen LogP contribution is -2.17. The van der Waals surface area contributed by atoms with Crippen molar-refractivity contribution in [2.45, 2.75) is 4.90 Å². The molecule has 2 aromatic rings. The Morgan fingerprint density at radius 1 is 1.27 bits per heavy atom. The second kappa shape index (κ2) is 7.37. The molecular weight excluding hydrogens is 302 g/mol. The number of carbonyl (C=O) groups excluding carboxylic acids is 1. The third-order valence-electron chi connectivity index (χ3n) is 2.81. The number of rotatable bonds is 5. The van der Waals surface area contributed by atoms with Crippen molar-refractivity contribution in [2.24, 2.45) is 5.10 Å². The summed E-state index contributed by atoms with van der Waals surface area (Å²) >= 11 is 1.64. The van der Waals surface area contributed by atoms with Gasteiger partial charge in [-0.1, -0.05) is 18.2 Å². The van der Waals surface area contributed by atoms with Gasteiger partial charge in [0.25, 0.3) is 11.6 Å². The second-order valence-electron chi connectivity index (χ2n) is 4.28. The van der Waals surface area contributed by atoms with Crippen LogP contribution in [0.5, 0.6) is 0 Å². The molecular formula is C15H13N3O3S. The number of carbonyl (C=O) groups is 1. The van der Waals surface area contributed by atoms with Crippen molar-refractivity contribution in [3.63, 3.8) is 0 Å². The summed E-state index contributed by atoms with van der Waals surface area (Å²) in [6.45, 7) is 0. The minimum atomic E-state index is -0.548. The molecule has 0 saturated carbocycles. The average molecular weight is 315 g/mol. The van der Waals surface area contributed by atoms with E-state index in [1.54, 1.807) is 11.8 Å². The topological polar surface area (TPSA) is 84.6 Å². The largest absolute Gasteiger partial charge is 0.271 e. The molecule has 0 spiro atoms. The maximum absolute atomic E-state index is 11.9. The van der Waals surface area contributed by atoms with E-state index in [0.29, 0.717) is 0 Å². The smallest absolute Gasteiger partial charge is 0.267 e. The summed E-state index contributed by atoms with van der Waals surface area (Å²) in [5, 5.41) is 14.5. The zero-order chi connectivity index (χ0) is 15.9. The maximum atomic E-state index is 11.9. The van der Waals surface area contributed by atoms with Crippen LogP contribution in [0.15, 0.2) is 58.5 Å². The van der Waals surface area contributed by atoms with Gasteiger partial charge in [0, 0.05) is 22.6 Å². The average Bonchev–Trinajstić information content (AvgIpc) is 2.55. The Bertz CT molecular complexity index is 714. The molecule has 0 aliphatic carbocycles. The molecule has 1 N–H and O–H groups in total. The van der Waals surface area contributed by atoms with Gasteiger partial charge in [0.15, 0.2) is 0 Å². The van der Waals surface area contributed by atoms with E-state index < -0.39 is 10.8 Å². The quantitative estimate of drug-likeness (QED) is 0.398. The lowest BCUT2D eigenvalue weighted by molar-refractivity contribution is -0.384. The van der Waals surface area contributed by atoms with E-state index in [0.717, 1.165) is 10.5 Å². The Labute approximate surface area is 131 Å². The molecule has 2 rings (SSSR count). The molecule has 112 valence electrons. The number of benzene rings is 2. The van der Waals surface area contributed by atoms with Crippen LogP contribution >= 0.6 is 11.8 Å². The fourth-order valence-electron chi connectivity index (χ4n) is 1.68. The minimum absolute atomic E-state index is 0.135. The van der Waals surface area contributed by atoms with E-state index in [-0.39, 0.29) is 11.3 Å². The van der Waals surface area contributed by atoms with Crippen LogP contribution in [0.2, 0.25) is 0 Å². The molecule has 0 saturated heterocycles. The van der Waals surface area contributed by atoms with Crippen LogP contribution in [0.3, 0.4) is 0 Å². The highest BCUT2D eigenvalue weighted by Crippen LogP contribution is 2.14. The maximum Gasteiger partial charge on any atom is 0.271 e. The van der Waals surface area contributed by atoms with Crippen molar-refractivity contribution < 1.29 is 9.72 Å². The summed E-state index contributed by atoms with van der Waals surface area (Å²) in [5.41, 5.74) is 3.24. The van der Waals surface area contributed by atoms with Crippen LogP contribution in [0.4, 0.5) is 5.69 Å². The van der Waals surface area contributed by atoms with Gasteiger partial charge in [-0.15, -0.1) is 11.8 Å². The van der Waals surface area contributed by atoms with E-state index >= 15 is 0 Å². The van der Waals surface area contributed by atoms with Gasteiger partial charge in [0.2, 0.25) is 0 Å². The normalized spacial score (nSPS) is 10.6. The number of nitrogens with one attached hydrogen (secondary N) is 1. The number of hydrazone groups is 1. The van der Waals surface area contributed by atoms with Gasteiger partial charge in [0.05, 0.1) is 11.1 Å². The Hall–Kier alpha value is -2.67. The van der Waals surface area contributed by atoms with E-state index in [2.05, 4.69) is 10.5 Å². The number of hydrogen-bond donors (Lipinski definition) is 1. The number of amides is 1. The fourth-order valence-corrected chi connectivity index (χ4v) is 2.09. The lowest BCUT2D eigenvalue weighted by Gasteiger charge is -2.00. The number of nitrogens with zero attached hydrogens (tertiary/aromatic N) is 2. The van der Waals surface area contributed by atoms with Crippen LogP contribution in [0, 0.1) is 10.1 Å². The van der Waals surface area contributed by atoms with E-state index in [4.69, 9.17) is 0 Å². The van der Waals surface area contributed by atoms with Crippen molar-refractivity contribution >= 4 is 29.6 Å². The van der Waals surface area contributed by atoms with Crippen molar-refractivity contribution in [3.8, 4) is 0 Å². The summed E-state index contributed by atoms with van der Waals surface area (Å²) in [4.78, 5) is 23.1. The van der Waals surface area contributed by atoms with Crippen molar-refractivity contribution in [1.29, 1.82) is 0 Å². The van der Waals surface area contributed by atoms with E-state index in [9.17, 15) is 14.9 Å². The Balaban J connectivity index is 2.01. The lowest BCUT2D eigenvalue weighted by atomic mass is 10.2. The van der Waals surface area contributed by atoms with Gasteiger partial charge in [-0.3, -0.25) is 14.9 Å². The van der Waals surface area contributed by atoms with Crippen LogP contribution in [-0.4, -0.2) is 23.3 Å². The minimum Gasteiger partial charge on any atom is -0.267 e. The first-order valence-corrected chi connectivity index (χ1v) is 7.54. The Kier molecular flexibility index (Phi) is 5.26. The predicted octanol–water partition coefficient (Wildman–Crippen LogP) is 3.08. The second-order valence-corrected chi connectivity index (χ2v) is 5.16. The molecule has 7 heteroatoms. The molecule has 1 amide bonds. The third-order valence-corrected chi connectivity index (χ3v) is 3.56. The predicted molar refractivity (Wildman–Crippen MR) is 86.4 cm³/mol. The van der Waals surface area contributed by atoms with E-state index in [1.165, 1.54) is 30.5 Å². The molecule has 0 atom stereocenters. The van der Waals surface area contributed by atoms with E-state index in [1.807, 2.05) is 30.5 Å². The first-order chi connectivity index (χ1) is 10.6. The summed E-state index contributed by atoms with van der Waals surface area (Å²) < 4.78 is 0. The summed E-state index contributed by atoms with van der Waals surface area (Å²) in [6, 6.07) is 13.2. The molecule has 0 aromatic heterocycles. The highest BCUT2D eigenvalue weighted by Gasteiger charge is 2.10. The molecule has 0 bridgehead atoms. The molecule has 2 aromatic carbocycles. The standard InChI is InChI=1S/C15H13N3O3S/c1-22-14-7-5-11(6-8-14)10-16-17-15(19)12-3-2-4-13(9-12)18(20)21/h2-10H,1H3,(H,17,19)/b16-10-. The monoisotopic (exact) mass is 315 g/mol. The van der Waals surface area contributed by atoms with Gasteiger partial charge < -0.3 is 0 Å². The number of thioether (sulfide) groups is 1. The van der Waals surface area contributed by atoms with Crippen LogP contribution < -0.4 is 5.43 Å². The zero-order valence-electron chi connectivity index (χ0n) is 11.7. The zero-order valence-corrected chi connectivity index (χ0v) is 12.5. The number of non-ortho nitro benzene ring substituents is 1. The Morgan fingerprint density at radius 3 is 2.64 bits per heavy atom. The summed E-state index contributed by atoms with van der Waals surface area (Å²) in [5.74, 6) is -0.499. The van der Waals surface area contributed by atoms with Gasteiger partial charge in [-0.2, -0.15) is 5.10 Å². The first kappa shape index (κ1) is 15.7. The highest BCUT2D eigenvalue weighted by molar-refractivity contribution is 7.98. The molecule has 0 fully saturated rings. The van der Waals surface area contributed by atoms with Crippen LogP contribution in [0.25, 0.3) is 0 Å². The highest BCUT2D eigenvalue weighted by atomic mass is 32.2. The number of nitro benzene ring substituents is 1. The third kappa shape index (κ3) is 4.16. The molecule has 0 aliphatic heterocycles. The molecule has 0 radical (unpaired) electrons. The van der Waals surface area contributed by atoms with Crippen LogP contribution in [-0.2, 0) is 0 Å². The van der Waals surface area contributed by atoms with Gasteiger partial charge >= 0.3 is 0 Å². The number of hydrogen-bond acceptors (Lipinski definition) is 5. The van der Waals surface area contributed by atoms with Gasteiger partial charge in [0.1, 0.15) is 0 Å². The molecule has 6 nitrogen and oxygen atoms in total. The van der Waals surface area contributed by atoms with Crippen LogP contribution in [0.1, 0.15) is 15.9 Å². The van der Waals surface area contributed by atoms with Crippen molar-refractivity contribution in [3.05, 3.63) is 69.8 Å². The molecule has 0 heterocycles. The first-order valence-electron chi connectivity index (χ1n) is 6.32. The van der Waals surface area contributed by atoms with Crippen molar-refractivity contribution in [2.75, 3.05) is 6.26 Å². The SMILES string of the molecule is CSc1ccc(/C=N\NC(=O)c2cccc([N+](=O)[O-])c2)cc1. The summed E-state index contributed by atoms with van der Waals surface area (Å²) in [6.07, 6.45) is 3.50. The number of nitro groups is 1. The van der Waals surface area contributed by atoms with Crippen molar-refractivity contribution in [1.82, 2.24) is 5.43 Å². The molecule has 0 unspecified atom stereocenters. The molecule has 0 aliphatic rings.